The van der Waals surface area contributed by atoms with Gasteiger partial charge in [-0.05, 0) is 42.3 Å². The van der Waals surface area contributed by atoms with Crippen LogP contribution < -0.4 is 5.32 Å². The Kier molecular flexibility index (Phi) is 5.02. The Labute approximate surface area is 145 Å². The number of nitrogens with zero attached hydrogens (tertiary/aromatic N) is 1. The van der Waals surface area contributed by atoms with Crippen LogP contribution in [0.25, 0.3) is 0 Å². The number of hydrogen-bond donors (Lipinski definition) is 1. The molecule has 24 heavy (non-hydrogen) atoms. The standard InChI is InChI=1S/C18H18ClFN2O2/c1-12-2-7-15(20)10-16(12)21-18(23)22-8-9-24-17(11-22)13-3-5-14(19)6-4-13/h2-7,10,17H,8-9,11H2,1H3,(H,21,23). The van der Waals surface area contributed by atoms with Crippen LogP contribution >= 0.6 is 11.6 Å². The van der Waals surface area contributed by atoms with Crippen molar-refractivity contribution in [2.75, 3.05) is 25.0 Å². The van der Waals surface area contributed by atoms with Crippen LogP contribution in [0.1, 0.15) is 17.2 Å². The van der Waals surface area contributed by atoms with E-state index in [-0.39, 0.29) is 18.0 Å². The fraction of sp³-hybridized carbons (Fsp3) is 0.278. The normalized spacial score (nSPS) is 17.6. The maximum atomic E-state index is 13.4. The first-order valence-electron chi connectivity index (χ1n) is 7.72. The number of nitrogens with one attached hydrogen (secondary N) is 1. The number of rotatable bonds is 2. The molecule has 1 saturated heterocycles. The summed E-state index contributed by atoms with van der Waals surface area (Å²) in [5.41, 5.74) is 2.26. The van der Waals surface area contributed by atoms with E-state index < -0.39 is 0 Å². The number of carbonyl (C=O) groups is 1. The van der Waals surface area contributed by atoms with Crippen LogP contribution in [0.3, 0.4) is 0 Å². The fourth-order valence-corrected chi connectivity index (χ4v) is 2.76. The van der Waals surface area contributed by atoms with E-state index in [4.69, 9.17) is 16.3 Å². The topological polar surface area (TPSA) is 41.6 Å². The van der Waals surface area contributed by atoms with Gasteiger partial charge in [0.1, 0.15) is 11.9 Å². The molecule has 0 spiro atoms. The van der Waals surface area contributed by atoms with Gasteiger partial charge in [0, 0.05) is 17.3 Å². The largest absolute Gasteiger partial charge is 0.370 e. The number of urea groups is 1. The van der Waals surface area contributed by atoms with Gasteiger partial charge in [-0.15, -0.1) is 0 Å². The molecule has 1 heterocycles. The van der Waals surface area contributed by atoms with Crippen molar-refractivity contribution < 1.29 is 13.9 Å². The summed E-state index contributed by atoms with van der Waals surface area (Å²) < 4.78 is 19.1. The van der Waals surface area contributed by atoms with E-state index in [1.165, 1.54) is 12.1 Å². The minimum atomic E-state index is -0.378. The number of aryl methyl sites for hydroxylation is 1. The first-order valence-corrected chi connectivity index (χ1v) is 8.10. The summed E-state index contributed by atoms with van der Waals surface area (Å²) in [6.07, 6.45) is -0.199. The molecule has 6 heteroatoms. The SMILES string of the molecule is Cc1ccc(F)cc1NC(=O)N1CCOC(c2ccc(Cl)cc2)C1. The van der Waals surface area contributed by atoms with Gasteiger partial charge in [-0.2, -0.15) is 0 Å². The Morgan fingerprint density at radius 1 is 1.29 bits per heavy atom. The lowest BCUT2D eigenvalue weighted by Gasteiger charge is -2.33. The van der Waals surface area contributed by atoms with Gasteiger partial charge in [0.25, 0.3) is 0 Å². The van der Waals surface area contributed by atoms with Gasteiger partial charge in [0.2, 0.25) is 0 Å². The van der Waals surface area contributed by atoms with E-state index in [0.717, 1.165) is 11.1 Å². The predicted molar refractivity (Wildman–Crippen MR) is 91.9 cm³/mol. The Hall–Kier alpha value is -2.11. The summed E-state index contributed by atoms with van der Waals surface area (Å²) in [4.78, 5) is 14.2. The number of benzene rings is 2. The van der Waals surface area contributed by atoms with Gasteiger partial charge in [-0.25, -0.2) is 9.18 Å². The molecule has 1 aliphatic heterocycles. The second-order valence-electron chi connectivity index (χ2n) is 5.75. The number of anilines is 1. The Morgan fingerprint density at radius 2 is 2.04 bits per heavy atom. The van der Waals surface area contributed by atoms with E-state index in [0.29, 0.717) is 30.4 Å². The van der Waals surface area contributed by atoms with E-state index >= 15 is 0 Å². The lowest BCUT2D eigenvalue weighted by molar-refractivity contribution is -0.0135. The Balaban J connectivity index is 1.68. The van der Waals surface area contributed by atoms with Crippen molar-refractivity contribution in [2.45, 2.75) is 13.0 Å². The van der Waals surface area contributed by atoms with Crippen LogP contribution in [-0.2, 0) is 4.74 Å². The van der Waals surface area contributed by atoms with Crippen LogP contribution in [0.15, 0.2) is 42.5 Å². The van der Waals surface area contributed by atoms with Crippen molar-refractivity contribution in [3.05, 3.63) is 64.4 Å². The molecular formula is C18H18ClFN2O2. The zero-order chi connectivity index (χ0) is 17.1. The maximum absolute atomic E-state index is 13.4. The number of carbonyl (C=O) groups excluding carboxylic acids is 1. The minimum absolute atomic E-state index is 0.199. The van der Waals surface area contributed by atoms with E-state index in [2.05, 4.69) is 5.32 Å². The van der Waals surface area contributed by atoms with Gasteiger partial charge in [0.15, 0.2) is 0 Å². The zero-order valence-electron chi connectivity index (χ0n) is 13.3. The molecule has 0 saturated carbocycles. The summed E-state index contributed by atoms with van der Waals surface area (Å²) in [7, 11) is 0. The molecule has 1 N–H and O–H groups in total. The van der Waals surface area contributed by atoms with Crippen molar-refractivity contribution in [1.82, 2.24) is 4.90 Å². The molecule has 4 nitrogen and oxygen atoms in total. The molecular weight excluding hydrogens is 331 g/mol. The zero-order valence-corrected chi connectivity index (χ0v) is 14.0. The molecule has 1 fully saturated rings. The molecule has 126 valence electrons. The quantitative estimate of drug-likeness (QED) is 0.874. The highest BCUT2D eigenvalue weighted by atomic mass is 35.5. The smallest absolute Gasteiger partial charge is 0.322 e. The van der Waals surface area contributed by atoms with Gasteiger partial charge in [0.05, 0.1) is 13.2 Å². The maximum Gasteiger partial charge on any atom is 0.322 e. The molecule has 2 amide bonds. The molecule has 1 atom stereocenters. The number of ether oxygens (including phenoxy) is 1. The molecule has 0 aromatic heterocycles. The minimum Gasteiger partial charge on any atom is -0.370 e. The number of hydrogen-bond acceptors (Lipinski definition) is 2. The highest BCUT2D eigenvalue weighted by Crippen LogP contribution is 2.24. The lowest BCUT2D eigenvalue weighted by Crippen LogP contribution is -2.44. The second kappa shape index (κ2) is 7.20. The van der Waals surface area contributed by atoms with Crippen LogP contribution in [0.5, 0.6) is 0 Å². The highest BCUT2D eigenvalue weighted by Gasteiger charge is 2.25. The molecule has 1 unspecified atom stereocenters. The van der Waals surface area contributed by atoms with Crippen molar-refractivity contribution in [1.29, 1.82) is 0 Å². The lowest BCUT2D eigenvalue weighted by atomic mass is 10.1. The van der Waals surface area contributed by atoms with Crippen LogP contribution in [0.2, 0.25) is 5.02 Å². The third-order valence-corrected chi connectivity index (χ3v) is 4.29. The van der Waals surface area contributed by atoms with Gasteiger partial charge in [-0.3, -0.25) is 0 Å². The summed E-state index contributed by atoms with van der Waals surface area (Å²) in [6, 6.07) is 11.5. The molecule has 0 bridgehead atoms. The molecule has 2 aromatic carbocycles. The van der Waals surface area contributed by atoms with Gasteiger partial charge < -0.3 is 15.0 Å². The fourth-order valence-electron chi connectivity index (χ4n) is 2.64. The number of morpholine rings is 1. The predicted octanol–water partition coefficient (Wildman–Crippen LogP) is 4.39. The Morgan fingerprint density at radius 3 is 2.79 bits per heavy atom. The van der Waals surface area contributed by atoms with Crippen molar-refractivity contribution in [3.8, 4) is 0 Å². The first kappa shape index (κ1) is 16.7. The van der Waals surface area contributed by atoms with Crippen LogP contribution in [0, 0.1) is 12.7 Å². The van der Waals surface area contributed by atoms with Gasteiger partial charge in [-0.1, -0.05) is 29.8 Å². The van der Waals surface area contributed by atoms with E-state index in [1.54, 1.807) is 23.1 Å². The second-order valence-corrected chi connectivity index (χ2v) is 6.18. The summed E-state index contributed by atoms with van der Waals surface area (Å²) in [6.45, 7) is 3.19. The van der Waals surface area contributed by atoms with Crippen LogP contribution in [-0.4, -0.2) is 30.6 Å². The van der Waals surface area contributed by atoms with Crippen molar-refractivity contribution in [2.24, 2.45) is 0 Å². The van der Waals surface area contributed by atoms with Crippen molar-refractivity contribution >= 4 is 23.3 Å². The number of amides is 2. The third kappa shape index (κ3) is 3.86. The summed E-state index contributed by atoms with van der Waals surface area (Å²) in [5.74, 6) is -0.378. The molecule has 1 aliphatic rings. The third-order valence-electron chi connectivity index (χ3n) is 4.04. The van der Waals surface area contributed by atoms with Crippen molar-refractivity contribution in [3.63, 3.8) is 0 Å². The Bertz CT molecular complexity index is 736. The average Bonchev–Trinajstić information content (AvgIpc) is 2.59. The first-order chi connectivity index (χ1) is 11.5. The summed E-state index contributed by atoms with van der Waals surface area (Å²) in [5, 5.41) is 3.43. The average molecular weight is 349 g/mol. The molecule has 3 rings (SSSR count). The summed E-state index contributed by atoms with van der Waals surface area (Å²) >= 11 is 5.90. The van der Waals surface area contributed by atoms with E-state index in [9.17, 15) is 9.18 Å². The molecule has 2 aromatic rings. The van der Waals surface area contributed by atoms with E-state index in [1.807, 2.05) is 19.1 Å². The molecule has 0 aliphatic carbocycles. The number of halogens is 2. The molecule has 0 radical (unpaired) electrons. The van der Waals surface area contributed by atoms with Gasteiger partial charge >= 0.3 is 6.03 Å². The monoisotopic (exact) mass is 348 g/mol. The van der Waals surface area contributed by atoms with Crippen LogP contribution in [0.4, 0.5) is 14.9 Å². The highest BCUT2D eigenvalue weighted by molar-refractivity contribution is 6.30.